The van der Waals surface area contributed by atoms with E-state index in [-0.39, 0.29) is 5.91 Å². The summed E-state index contributed by atoms with van der Waals surface area (Å²) in [6.45, 7) is 4.08. The van der Waals surface area contributed by atoms with Crippen LogP contribution in [-0.2, 0) is 4.79 Å². The minimum Gasteiger partial charge on any atom is -0.342 e. The van der Waals surface area contributed by atoms with Crippen molar-refractivity contribution in [1.82, 2.24) is 4.90 Å². The number of nitrogens with zero attached hydrogens (tertiary/aromatic N) is 1. The Hall–Kier alpha value is -0.0500. The maximum atomic E-state index is 11.0. The number of amides is 1. The van der Waals surface area contributed by atoms with E-state index in [0.717, 1.165) is 13.1 Å². The molecule has 0 bridgehead atoms. The van der Waals surface area contributed by atoms with E-state index in [1.54, 1.807) is 0 Å². The van der Waals surface area contributed by atoms with E-state index in [9.17, 15) is 4.79 Å². The first-order valence-corrected chi connectivity index (χ1v) is 4.70. The summed E-state index contributed by atoms with van der Waals surface area (Å²) >= 11 is 3.15. The zero-order valence-electron chi connectivity index (χ0n) is 6.14. The Bertz CT molecular complexity index is 138. The van der Waals surface area contributed by atoms with Gasteiger partial charge in [-0.2, -0.15) is 0 Å². The van der Waals surface area contributed by atoms with Gasteiger partial charge in [-0.25, -0.2) is 0 Å². The van der Waals surface area contributed by atoms with Gasteiger partial charge in [-0.05, 0) is 12.3 Å². The Labute approximate surface area is 69.7 Å². The number of carbonyl (C=O) groups excluding carboxylic acids is 1. The molecule has 10 heavy (non-hydrogen) atoms. The third-order valence-corrected chi connectivity index (χ3v) is 2.37. The molecule has 1 atom stereocenters. The van der Waals surface area contributed by atoms with Gasteiger partial charge in [0.05, 0.1) is 5.33 Å². The summed E-state index contributed by atoms with van der Waals surface area (Å²) in [6.07, 6.45) is 1.17. The van der Waals surface area contributed by atoms with Crippen molar-refractivity contribution in [2.24, 2.45) is 5.92 Å². The molecule has 0 saturated carbocycles. The molecular weight excluding hydrogens is 194 g/mol. The van der Waals surface area contributed by atoms with Crippen molar-refractivity contribution in [3.63, 3.8) is 0 Å². The Morgan fingerprint density at radius 3 is 2.90 bits per heavy atom. The van der Waals surface area contributed by atoms with Crippen LogP contribution >= 0.6 is 15.9 Å². The van der Waals surface area contributed by atoms with E-state index in [1.165, 1.54) is 6.42 Å². The zero-order chi connectivity index (χ0) is 7.56. The first kappa shape index (κ1) is 8.05. The number of halogens is 1. The van der Waals surface area contributed by atoms with Gasteiger partial charge in [-0.1, -0.05) is 22.9 Å². The van der Waals surface area contributed by atoms with Crippen molar-refractivity contribution in [2.75, 3.05) is 18.4 Å². The molecule has 0 spiro atoms. The fourth-order valence-electron chi connectivity index (χ4n) is 1.25. The average Bonchev–Trinajstić information content (AvgIpc) is 2.34. The minimum absolute atomic E-state index is 0.226. The SMILES string of the molecule is CC1CCN(C(=O)CBr)C1. The van der Waals surface area contributed by atoms with Gasteiger partial charge in [0.15, 0.2) is 0 Å². The molecule has 3 heteroatoms. The highest BCUT2D eigenvalue weighted by atomic mass is 79.9. The lowest BCUT2D eigenvalue weighted by Gasteiger charge is -2.13. The monoisotopic (exact) mass is 205 g/mol. The summed E-state index contributed by atoms with van der Waals surface area (Å²) < 4.78 is 0. The van der Waals surface area contributed by atoms with Gasteiger partial charge >= 0.3 is 0 Å². The van der Waals surface area contributed by atoms with Crippen LogP contribution in [0, 0.1) is 5.92 Å². The first-order chi connectivity index (χ1) is 4.74. The molecule has 1 aliphatic rings. The van der Waals surface area contributed by atoms with E-state index in [1.807, 2.05) is 4.90 Å². The molecule has 1 amide bonds. The fourth-order valence-corrected chi connectivity index (χ4v) is 1.60. The van der Waals surface area contributed by atoms with Gasteiger partial charge in [0.2, 0.25) is 5.91 Å². The van der Waals surface area contributed by atoms with Crippen molar-refractivity contribution in [1.29, 1.82) is 0 Å². The molecule has 0 aromatic heterocycles. The van der Waals surface area contributed by atoms with Crippen molar-refractivity contribution in [2.45, 2.75) is 13.3 Å². The highest BCUT2D eigenvalue weighted by molar-refractivity contribution is 9.09. The molecule has 1 aliphatic heterocycles. The average molecular weight is 206 g/mol. The van der Waals surface area contributed by atoms with Crippen LogP contribution in [0.4, 0.5) is 0 Å². The zero-order valence-corrected chi connectivity index (χ0v) is 7.73. The number of likely N-dealkylation sites (tertiary alicyclic amines) is 1. The molecule has 0 N–H and O–H groups in total. The number of hydrogen-bond acceptors (Lipinski definition) is 1. The summed E-state index contributed by atoms with van der Waals surface area (Å²) in [5, 5.41) is 0.472. The largest absolute Gasteiger partial charge is 0.342 e. The smallest absolute Gasteiger partial charge is 0.233 e. The normalized spacial score (nSPS) is 25.4. The van der Waals surface area contributed by atoms with Crippen LogP contribution in [0.1, 0.15) is 13.3 Å². The van der Waals surface area contributed by atoms with Crippen molar-refractivity contribution < 1.29 is 4.79 Å². The molecule has 0 aromatic carbocycles. The summed E-state index contributed by atoms with van der Waals surface area (Å²) in [5.41, 5.74) is 0. The third kappa shape index (κ3) is 1.72. The first-order valence-electron chi connectivity index (χ1n) is 3.57. The highest BCUT2D eigenvalue weighted by Gasteiger charge is 2.21. The Morgan fingerprint density at radius 2 is 2.50 bits per heavy atom. The quantitative estimate of drug-likeness (QED) is 0.591. The van der Waals surface area contributed by atoms with Crippen molar-refractivity contribution >= 4 is 21.8 Å². The van der Waals surface area contributed by atoms with Crippen LogP contribution in [0.5, 0.6) is 0 Å². The van der Waals surface area contributed by atoms with Gasteiger partial charge < -0.3 is 4.90 Å². The standard InChI is InChI=1S/C7H12BrNO/c1-6-2-3-9(5-6)7(10)4-8/h6H,2-5H2,1H3. The van der Waals surface area contributed by atoms with Gasteiger partial charge in [0.25, 0.3) is 0 Å². The van der Waals surface area contributed by atoms with E-state index in [0.29, 0.717) is 11.2 Å². The van der Waals surface area contributed by atoms with Crippen molar-refractivity contribution in [3.05, 3.63) is 0 Å². The third-order valence-electron chi connectivity index (χ3n) is 1.89. The molecule has 1 heterocycles. The van der Waals surface area contributed by atoms with E-state index < -0.39 is 0 Å². The lowest BCUT2D eigenvalue weighted by Crippen LogP contribution is -2.29. The maximum Gasteiger partial charge on any atom is 0.233 e. The summed E-state index contributed by atoms with van der Waals surface area (Å²) in [5.74, 6) is 0.923. The van der Waals surface area contributed by atoms with Gasteiger partial charge in [-0.3, -0.25) is 4.79 Å². The molecule has 2 nitrogen and oxygen atoms in total. The van der Waals surface area contributed by atoms with Crippen molar-refractivity contribution in [3.8, 4) is 0 Å². The van der Waals surface area contributed by atoms with Crippen LogP contribution in [0.3, 0.4) is 0 Å². The highest BCUT2D eigenvalue weighted by Crippen LogP contribution is 2.14. The van der Waals surface area contributed by atoms with E-state index in [2.05, 4.69) is 22.9 Å². The fraction of sp³-hybridized carbons (Fsp3) is 0.857. The predicted octanol–water partition coefficient (Wildman–Crippen LogP) is 1.25. The Morgan fingerprint density at radius 1 is 1.80 bits per heavy atom. The van der Waals surface area contributed by atoms with Crippen LogP contribution < -0.4 is 0 Å². The van der Waals surface area contributed by atoms with Gasteiger partial charge in [0, 0.05) is 13.1 Å². The van der Waals surface area contributed by atoms with E-state index in [4.69, 9.17) is 0 Å². The molecule has 1 unspecified atom stereocenters. The second-order valence-corrected chi connectivity index (χ2v) is 3.43. The summed E-state index contributed by atoms with van der Waals surface area (Å²) in [4.78, 5) is 13.0. The Kier molecular flexibility index (Phi) is 2.72. The lowest BCUT2D eigenvalue weighted by atomic mass is 10.2. The lowest BCUT2D eigenvalue weighted by molar-refractivity contribution is -0.127. The van der Waals surface area contributed by atoms with Gasteiger partial charge in [0.1, 0.15) is 0 Å². The second-order valence-electron chi connectivity index (χ2n) is 2.87. The molecule has 1 fully saturated rings. The Balaban J connectivity index is 2.37. The maximum absolute atomic E-state index is 11.0. The summed E-state index contributed by atoms with van der Waals surface area (Å²) in [6, 6.07) is 0. The number of alkyl halides is 1. The second kappa shape index (κ2) is 3.37. The van der Waals surface area contributed by atoms with Crippen LogP contribution in [0.2, 0.25) is 0 Å². The molecule has 0 aliphatic carbocycles. The molecule has 0 aromatic rings. The predicted molar refractivity (Wildman–Crippen MR) is 44.2 cm³/mol. The molecule has 0 radical (unpaired) electrons. The number of rotatable bonds is 1. The minimum atomic E-state index is 0.226. The number of hydrogen-bond donors (Lipinski definition) is 0. The topological polar surface area (TPSA) is 20.3 Å². The summed E-state index contributed by atoms with van der Waals surface area (Å²) in [7, 11) is 0. The molecule has 1 rings (SSSR count). The van der Waals surface area contributed by atoms with Crippen LogP contribution in [-0.4, -0.2) is 29.2 Å². The van der Waals surface area contributed by atoms with Crippen LogP contribution in [0.25, 0.3) is 0 Å². The number of carbonyl (C=O) groups is 1. The van der Waals surface area contributed by atoms with Crippen LogP contribution in [0.15, 0.2) is 0 Å². The van der Waals surface area contributed by atoms with E-state index >= 15 is 0 Å². The molecule has 1 saturated heterocycles. The molecular formula is C7H12BrNO. The molecule has 58 valence electrons. The van der Waals surface area contributed by atoms with Gasteiger partial charge in [-0.15, -0.1) is 0 Å².